The second kappa shape index (κ2) is 2.98. The number of fused-ring (bicyclic) bond motifs is 1. The summed E-state index contributed by atoms with van der Waals surface area (Å²) in [7, 11) is 0. The molecule has 0 spiro atoms. The molecule has 4 aliphatic rings. The SMILES string of the molecule is O=CNC12CC3C[C@@H](CC[C@@H](C3)C1)C2. The van der Waals surface area contributed by atoms with Gasteiger partial charge in [0.2, 0.25) is 6.41 Å². The molecule has 4 saturated carbocycles. The first-order chi connectivity index (χ1) is 6.80. The number of nitrogens with one attached hydrogen (secondary N) is 1. The standard InChI is InChI=1S/C12H19NO/c14-8-13-12-5-9-1-2-10(6-12)4-11(3-9)7-12/h8-11H,1-7H2,(H,13,14)/t9-,10+,11?,12?. The molecule has 1 amide bonds. The summed E-state index contributed by atoms with van der Waals surface area (Å²) in [5, 5.41) is 3.15. The summed E-state index contributed by atoms with van der Waals surface area (Å²) in [6.07, 6.45) is 10.5. The molecule has 14 heavy (non-hydrogen) atoms. The highest BCUT2D eigenvalue weighted by Crippen LogP contribution is 2.52. The fourth-order valence-corrected chi connectivity index (χ4v) is 4.49. The molecule has 4 bridgehead atoms. The van der Waals surface area contributed by atoms with E-state index in [-0.39, 0.29) is 5.54 Å². The maximum absolute atomic E-state index is 10.7. The lowest BCUT2D eigenvalue weighted by Gasteiger charge is -2.48. The Morgan fingerprint density at radius 1 is 1.00 bits per heavy atom. The Morgan fingerprint density at radius 2 is 1.57 bits per heavy atom. The van der Waals surface area contributed by atoms with Crippen LogP contribution in [0.3, 0.4) is 0 Å². The van der Waals surface area contributed by atoms with Crippen molar-refractivity contribution >= 4 is 6.41 Å². The fourth-order valence-electron chi connectivity index (χ4n) is 4.49. The van der Waals surface area contributed by atoms with Crippen LogP contribution in [0.2, 0.25) is 0 Å². The van der Waals surface area contributed by atoms with Crippen LogP contribution < -0.4 is 5.32 Å². The van der Waals surface area contributed by atoms with Gasteiger partial charge in [0.15, 0.2) is 0 Å². The van der Waals surface area contributed by atoms with E-state index in [1.807, 2.05) is 0 Å². The van der Waals surface area contributed by atoms with Gasteiger partial charge in [0.25, 0.3) is 0 Å². The largest absolute Gasteiger partial charge is 0.353 e. The van der Waals surface area contributed by atoms with Gasteiger partial charge in [-0.05, 0) is 49.9 Å². The van der Waals surface area contributed by atoms with Crippen LogP contribution >= 0.6 is 0 Å². The maximum atomic E-state index is 10.7. The molecule has 4 aliphatic carbocycles. The van der Waals surface area contributed by atoms with Gasteiger partial charge in [0.1, 0.15) is 0 Å². The van der Waals surface area contributed by atoms with Crippen LogP contribution in [0.4, 0.5) is 0 Å². The van der Waals surface area contributed by atoms with Crippen LogP contribution in [0.25, 0.3) is 0 Å². The Hall–Kier alpha value is -0.530. The number of amides is 1. The van der Waals surface area contributed by atoms with Gasteiger partial charge >= 0.3 is 0 Å². The molecule has 2 nitrogen and oxygen atoms in total. The molecule has 0 heterocycles. The van der Waals surface area contributed by atoms with Crippen LogP contribution in [0, 0.1) is 17.8 Å². The van der Waals surface area contributed by atoms with Gasteiger partial charge in [0.05, 0.1) is 0 Å². The predicted molar refractivity (Wildman–Crippen MR) is 54.7 cm³/mol. The van der Waals surface area contributed by atoms with E-state index < -0.39 is 0 Å². The van der Waals surface area contributed by atoms with Crippen LogP contribution in [0.5, 0.6) is 0 Å². The summed E-state index contributed by atoms with van der Waals surface area (Å²) in [6, 6.07) is 0. The summed E-state index contributed by atoms with van der Waals surface area (Å²) < 4.78 is 0. The summed E-state index contributed by atoms with van der Waals surface area (Å²) in [4.78, 5) is 10.7. The fraction of sp³-hybridized carbons (Fsp3) is 0.917. The number of carbonyl (C=O) groups excluding carboxylic acids is 1. The number of rotatable bonds is 2. The van der Waals surface area contributed by atoms with Crippen molar-refractivity contribution < 1.29 is 4.79 Å². The quantitative estimate of drug-likeness (QED) is 0.668. The molecule has 4 atom stereocenters. The minimum absolute atomic E-state index is 0.217. The van der Waals surface area contributed by atoms with Gasteiger partial charge in [-0.1, -0.05) is 12.8 Å². The maximum Gasteiger partial charge on any atom is 0.207 e. The predicted octanol–water partition coefficient (Wildman–Crippen LogP) is 2.09. The molecule has 0 aromatic rings. The van der Waals surface area contributed by atoms with E-state index >= 15 is 0 Å². The van der Waals surface area contributed by atoms with Crippen molar-refractivity contribution in [2.75, 3.05) is 0 Å². The van der Waals surface area contributed by atoms with E-state index in [4.69, 9.17) is 0 Å². The van der Waals surface area contributed by atoms with Crippen molar-refractivity contribution in [2.24, 2.45) is 17.8 Å². The van der Waals surface area contributed by atoms with E-state index in [1.165, 1.54) is 44.9 Å². The zero-order valence-electron chi connectivity index (χ0n) is 8.67. The van der Waals surface area contributed by atoms with Crippen LogP contribution in [0.1, 0.15) is 44.9 Å². The third-order valence-electron chi connectivity index (χ3n) is 4.72. The second-order valence-electron chi connectivity index (χ2n) is 5.80. The molecule has 0 aromatic heterocycles. The lowest BCUT2D eigenvalue weighted by Crippen LogP contribution is -2.53. The topological polar surface area (TPSA) is 29.1 Å². The van der Waals surface area contributed by atoms with Crippen molar-refractivity contribution in [3.05, 3.63) is 0 Å². The van der Waals surface area contributed by atoms with Crippen molar-refractivity contribution in [1.82, 2.24) is 5.32 Å². The normalized spacial score (nSPS) is 50.1. The molecule has 2 unspecified atom stereocenters. The highest BCUT2D eigenvalue weighted by molar-refractivity contribution is 5.48. The van der Waals surface area contributed by atoms with Crippen molar-refractivity contribution in [3.63, 3.8) is 0 Å². The Kier molecular flexibility index (Phi) is 1.86. The molecule has 0 radical (unpaired) electrons. The zero-order chi connectivity index (χ0) is 9.60. The Bertz CT molecular complexity index is 235. The van der Waals surface area contributed by atoms with E-state index in [2.05, 4.69) is 5.32 Å². The molecule has 0 aromatic carbocycles. The Balaban J connectivity index is 1.89. The van der Waals surface area contributed by atoms with Gasteiger partial charge in [-0.3, -0.25) is 4.79 Å². The summed E-state index contributed by atoms with van der Waals surface area (Å²) in [6.45, 7) is 0. The lowest BCUT2D eigenvalue weighted by molar-refractivity contribution is -0.112. The third kappa shape index (κ3) is 1.27. The van der Waals surface area contributed by atoms with E-state index in [0.717, 1.165) is 24.2 Å². The number of hydrogen-bond donors (Lipinski definition) is 1. The molecule has 0 saturated heterocycles. The first kappa shape index (κ1) is 8.75. The van der Waals surface area contributed by atoms with Gasteiger partial charge in [-0.2, -0.15) is 0 Å². The average molecular weight is 193 g/mol. The second-order valence-corrected chi connectivity index (χ2v) is 5.80. The van der Waals surface area contributed by atoms with Crippen molar-refractivity contribution in [2.45, 2.75) is 50.5 Å². The molecule has 0 aliphatic heterocycles. The minimum atomic E-state index is 0.217. The number of hydrogen-bond acceptors (Lipinski definition) is 1. The monoisotopic (exact) mass is 193 g/mol. The molecule has 1 N–H and O–H groups in total. The van der Waals surface area contributed by atoms with E-state index in [1.54, 1.807) is 0 Å². The van der Waals surface area contributed by atoms with Crippen LogP contribution in [-0.2, 0) is 4.79 Å². The summed E-state index contributed by atoms with van der Waals surface area (Å²) in [5.41, 5.74) is 0.217. The highest BCUT2D eigenvalue weighted by Gasteiger charge is 2.48. The molecule has 4 rings (SSSR count). The van der Waals surface area contributed by atoms with Gasteiger partial charge in [-0.15, -0.1) is 0 Å². The van der Waals surface area contributed by atoms with Crippen LogP contribution in [0.15, 0.2) is 0 Å². The highest BCUT2D eigenvalue weighted by atomic mass is 16.1. The zero-order valence-corrected chi connectivity index (χ0v) is 8.67. The van der Waals surface area contributed by atoms with Gasteiger partial charge in [0, 0.05) is 5.54 Å². The van der Waals surface area contributed by atoms with Crippen molar-refractivity contribution in [3.8, 4) is 0 Å². The summed E-state index contributed by atoms with van der Waals surface area (Å²) in [5.74, 6) is 2.74. The minimum Gasteiger partial charge on any atom is -0.353 e. The first-order valence-corrected chi connectivity index (χ1v) is 6.01. The molecule has 2 heteroatoms. The van der Waals surface area contributed by atoms with Crippen molar-refractivity contribution in [1.29, 1.82) is 0 Å². The smallest absolute Gasteiger partial charge is 0.207 e. The van der Waals surface area contributed by atoms with E-state index in [0.29, 0.717) is 0 Å². The Morgan fingerprint density at radius 3 is 2.14 bits per heavy atom. The Labute approximate surface area is 85.4 Å². The lowest BCUT2D eigenvalue weighted by atomic mass is 9.63. The average Bonchev–Trinajstić information content (AvgIpc) is 2.32. The third-order valence-corrected chi connectivity index (χ3v) is 4.72. The van der Waals surface area contributed by atoms with Crippen LogP contribution in [-0.4, -0.2) is 11.9 Å². The van der Waals surface area contributed by atoms with E-state index in [9.17, 15) is 4.79 Å². The summed E-state index contributed by atoms with van der Waals surface area (Å²) >= 11 is 0. The molecule has 78 valence electrons. The number of carbonyl (C=O) groups is 1. The molecule has 4 fully saturated rings. The molecular weight excluding hydrogens is 174 g/mol. The first-order valence-electron chi connectivity index (χ1n) is 6.01. The van der Waals surface area contributed by atoms with Gasteiger partial charge in [-0.25, -0.2) is 0 Å². The van der Waals surface area contributed by atoms with Gasteiger partial charge < -0.3 is 5.32 Å². The molecular formula is C12H19NO.